The van der Waals surface area contributed by atoms with Crippen molar-refractivity contribution in [1.82, 2.24) is 9.78 Å². The first-order valence-corrected chi connectivity index (χ1v) is 5.82. The molecule has 0 saturated carbocycles. The maximum absolute atomic E-state index is 11.7. The number of carbonyl (C=O) groups excluding carboxylic acids is 1. The Morgan fingerprint density at radius 1 is 1.47 bits per heavy atom. The van der Waals surface area contributed by atoms with Crippen LogP contribution in [0.15, 0.2) is 30.6 Å². The van der Waals surface area contributed by atoms with Gasteiger partial charge in [-0.3, -0.25) is 4.68 Å². The number of rotatable bonds is 4. The van der Waals surface area contributed by atoms with E-state index in [9.17, 15) is 4.79 Å². The van der Waals surface area contributed by atoms with Gasteiger partial charge in [-0.25, -0.2) is 4.79 Å². The van der Waals surface area contributed by atoms with Crippen LogP contribution in [0, 0.1) is 0 Å². The maximum atomic E-state index is 11.7. The van der Waals surface area contributed by atoms with Crippen LogP contribution in [-0.2, 0) is 11.3 Å². The van der Waals surface area contributed by atoms with Crippen molar-refractivity contribution in [3.05, 3.63) is 36.2 Å². The zero-order valence-electron chi connectivity index (χ0n) is 10.8. The van der Waals surface area contributed by atoms with Crippen molar-refractivity contribution < 1.29 is 14.3 Å². The summed E-state index contributed by atoms with van der Waals surface area (Å²) in [4.78, 5) is 11.7. The molecule has 6 heteroatoms. The van der Waals surface area contributed by atoms with Gasteiger partial charge in [-0.15, -0.1) is 0 Å². The summed E-state index contributed by atoms with van der Waals surface area (Å²) in [7, 11) is 1.31. The predicted octanol–water partition coefficient (Wildman–Crippen LogP) is 2.06. The number of hydrogen-bond acceptors (Lipinski definition) is 5. The van der Waals surface area contributed by atoms with Gasteiger partial charge in [0.25, 0.3) is 0 Å². The molecule has 2 aromatic rings. The highest BCUT2D eigenvalue weighted by molar-refractivity contribution is 5.94. The Labute approximate surface area is 110 Å². The highest BCUT2D eigenvalue weighted by Crippen LogP contribution is 2.31. The van der Waals surface area contributed by atoms with Gasteiger partial charge in [-0.05, 0) is 19.1 Å². The van der Waals surface area contributed by atoms with Crippen molar-refractivity contribution in [1.29, 1.82) is 0 Å². The molecule has 0 aliphatic carbocycles. The van der Waals surface area contributed by atoms with E-state index in [0.29, 0.717) is 11.4 Å². The molecule has 0 aliphatic rings. The molecule has 2 rings (SSSR count). The Balaban J connectivity index is 2.35. The number of ether oxygens (including phenoxy) is 2. The van der Waals surface area contributed by atoms with Crippen LogP contribution in [0.1, 0.15) is 17.3 Å². The van der Waals surface area contributed by atoms with Crippen LogP contribution in [0.3, 0.4) is 0 Å². The largest absolute Gasteiger partial charge is 0.465 e. The fourth-order valence-corrected chi connectivity index (χ4v) is 1.63. The second kappa shape index (κ2) is 5.43. The van der Waals surface area contributed by atoms with Gasteiger partial charge in [-0.2, -0.15) is 5.10 Å². The number of para-hydroxylation sites is 1. The summed E-state index contributed by atoms with van der Waals surface area (Å²) in [6, 6.07) is 4.93. The van der Waals surface area contributed by atoms with Crippen molar-refractivity contribution in [3.63, 3.8) is 0 Å². The summed E-state index contributed by atoms with van der Waals surface area (Å²) in [5.74, 6) is 0.306. The molecule has 1 aromatic carbocycles. The lowest BCUT2D eigenvalue weighted by atomic mass is 10.2. The van der Waals surface area contributed by atoms with E-state index in [1.54, 1.807) is 35.3 Å². The van der Waals surface area contributed by atoms with E-state index < -0.39 is 5.97 Å². The standard InChI is InChI=1S/C13H15N3O3/c1-3-16-8-9(7-15-16)19-12-10(13(17)18-2)5-4-6-11(12)14/h4-8H,3,14H2,1-2H3. The van der Waals surface area contributed by atoms with Crippen molar-refractivity contribution in [2.45, 2.75) is 13.5 Å². The molecule has 0 fully saturated rings. The molecule has 100 valence electrons. The third-order valence-corrected chi connectivity index (χ3v) is 2.60. The van der Waals surface area contributed by atoms with Crippen molar-refractivity contribution in [2.24, 2.45) is 0 Å². The number of methoxy groups -OCH3 is 1. The summed E-state index contributed by atoms with van der Waals surface area (Å²) in [5, 5.41) is 4.09. The molecule has 2 N–H and O–H groups in total. The third-order valence-electron chi connectivity index (χ3n) is 2.60. The summed E-state index contributed by atoms with van der Waals surface area (Å²) in [5.41, 5.74) is 6.49. The van der Waals surface area contributed by atoms with Crippen LogP contribution in [0.25, 0.3) is 0 Å². The van der Waals surface area contributed by atoms with Crippen LogP contribution in [0.5, 0.6) is 11.5 Å². The Morgan fingerprint density at radius 3 is 2.89 bits per heavy atom. The van der Waals surface area contributed by atoms with Crippen LogP contribution in [0.4, 0.5) is 5.69 Å². The number of nitrogen functional groups attached to an aromatic ring is 1. The summed E-state index contributed by atoms with van der Waals surface area (Å²) >= 11 is 0. The van der Waals surface area contributed by atoms with E-state index in [1.165, 1.54) is 7.11 Å². The average molecular weight is 261 g/mol. The monoisotopic (exact) mass is 261 g/mol. The highest BCUT2D eigenvalue weighted by atomic mass is 16.5. The first-order valence-electron chi connectivity index (χ1n) is 5.82. The van der Waals surface area contributed by atoms with Gasteiger partial charge in [-0.1, -0.05) is 6.07 Å². The van der Waals surface area contributed by atoms with E-state index in [1.807, 2.05) is 6.92 Å². The smallest absolute Gasteiger partial charge is 0.341 e. The van der Waals surface area contributed by atoms with E-state index in [4.69, 9.17) is 15.2 Å². The minimum absolute atomic E-state index is 0.282. The fourth-order valence-electron chi connectivity index (χ4n) is 1.63. The third kappa shape index (κ3) is 2.67. The molecule has 0 radical (unpaired) electrons. The van der Waals surface area contributed by atoms with Crippen LogP contribution in [-0.4, -0.2) is 22.9 Å². The molecule has 0 amide bonds. The maximum Gasteiger partial charge on any atom is 0.341 e. The quantitative estimate of drug-likeness (QED) is 0.673. The van der Waals surface area contributed by atoms with Crippen LogP contribution < -0.4 is 10.5 Å². The minimum atomic E-state index is -0.495. The number of nitrogens with zero attached hydrogens (tertiary/aromatic N) is 2. The number of esters is 1. The number of aryl methyl sites for hydroxylation is 1. The lowest BCUT2D eigenvalue weighted by Gasteiger charge is -2.10. The van der Waals surface area contributed by atoms with Gasteiger partial charge in [0, 0.05) is 6.54 Å². The zero-order valence-corrected chi connectivity index (χ0v) is 10.8. The molecule has 1 aromatic heterocycles. The SMILES string of the molecule is CCn1cc(Oc2c(N)cccc2C(=O)OC)cn1. The van der Waals surface area contributed by atoms with Gasteiger partial charge in [0.1, 0.15) is 5.56 Å². The molecule has 6 nitrogen and oxygen atoms in total. The lowest BCUT2D eigenvalue weighted by Crippen LogP contribution is -2.05. The van der Waals surface area contributed by atoms with E-state index in [-0.39, 0.29) is 11.3 Å². The minimum Gasteiger partial charge on any atom is -0.465 e. The first kappa shape index (κ1) is 12.9. The molecule has 0 atom stereocenters. The van der Waals surface area contributed by atoms with E-state index in [2.05, 4.69) is 5.10 Å². The zero-order chi connectivity index (χ0) is 13.8. The Kier molecular flexibility index (Phi) is 3.70. The molecule has 1 heterocycles. The first-order chi connectivity index (χ1) is 9.15. The van der Waals surface area contributed by atoms with E-state index >= 15 is 0 Å². The number of aromatic nitrogens is 2. The molecule has 0 unspecified atom stereocenters. The molecular weight excluding hydrogens is 246 g/mol. The number of carbonyl (C=O) groups is 1. The second-order valence-electron chi connectivity index (χ2n) is 3.85. The summed E-state index contributed by atoms with van der Waals surface area (Å²) in [6.07, 6.45) is 3.30. The molecular formula is C13H15N3O3. The number of nitrogens with two attached hydrogens (primary N) is 1. The molecule has 0 saturated heterocycles. The topological polar surface area (TPSA) is 79.4 Å². The van der Waals surface area contributed by atoms with Crippen molar-refractivity contribution in [3.8, 4) is 11.5 Å². The normalized spacial score (nSPS) is 10.2. The predicted molar refractivity (Wildman–Crippen MR) is 70.2 cm³/mol. The van der Waals surface area contributed by atoms with Gasteiger partial charge in [0.2, 0.25) is 0 Å². The Hall–Kier alpha value is -2.50. The average Bonchev–Trinajstić information content (AvgIpc) is 2.88. The lowest BCUT2D eigenvalue weighted by molar-refractivity contribution is 0.0598. The van der Waals surface area contributed by atoms with E-state index in [0.717, 1.165) is 6.54 Å². The van der Waals surface area contributed by atoms with Gasteiger partial charge in [0.15, 0.2) is 11.5 Å². The van der Waals surface area contributed by atoms with Gasteiger partial charge in [0.05, 0.1) is 25.2 Å². The van der Waals surface area contributed by atoms with Crippen LogP contribution >= 0.6 is 0 Å². The van der Waals surface area contributed by atoms with Crippen LogP contribution in [0.2, 0.25) is 0 Å². The Bertz CT molecular complexity index is 593. The molecule has 0 bridgehead atoms. The fraction of sp³-hybridized carbons (Fsp3) is 0.231. The highest BCUT2D eigenvalue weighted by Gasteiger charge is 2.16. The molecule has 0 aliphatic heterocycles. The number of anilines is 1. The molecule has 19 heavy (non-hydrogen) atoms. The second-order valence-corrected chi connectivity index (χ2v) is 3.85. The number of hydrogen-bond donors (Lipinski definition) is 1. The summed E-state index contributed by atoms with van der Waals surface area (Å²) in [6.45, 7) is 2.70. The number of benzene rings is 1. The molecule has 0 spiro atoms. The van der Waals surface area contributed by atoms with Crippen molar-refractivity contribution in [2.75, 3.05) is 12.8 Å². The summed E-state index contributed by atoms with van der Waals surface area (Å²) < 4.78 is 12.1. The van der Waals surface area contributed by atoms with Gasteiger partial charge >= 0.3 is 5.97 Å². The van der Waals surface area contributed by atoms with Crippen molar-refractivity contribution >= 4 is 11.7 Å². The Morgan fingerprint density at radius 2 is 2.26 bits per heavy atom. The van der Waals surface area contributed by atoms with Gasteiger partial charge < -0.3 is 15.2 Å².